The Kier molecular flexibility index (Phi) is 6.85. The summed E-state index contributed by atoms with van der Waals surface area (Å²) in [7, 11) is 1.76. The first-order valence-corrected chi connectivity index (χ1v) is 6.43. The number of nitrogens with zero attached hydrogens (tertiary/aromatic N) is 2. The van der Waals surface area contributed by atoms with Crippen LogP contribution in [0, 0.1) is 0 Å². The van der Waals surface area contributed by atoms with Gasteiger partial charge in [0.1, 0.15) is 6.29 Å². The van der Waals surface area contributed by atoms with E-state index in [0.717, 1.165) is 32.1 Å². The largest absolute Gasteiger partial charge is 0.314 e. The van der Waals surface area contributed by atoms with E-state index >= 15 is 0 Å². The van der Waals surface area contributed by atoms with Crippen molar-refractivity contribution < 1.29 is 19.5 Å². The lowest BCUT2D eigenvalue weighted by atomic mass is 10.2. The SMILES string of the molecule is CC(OON(C)CCCCC=O)N1CCCC1=O. The molecule has 0 saturated carbocycles. The van der Waals surface area contributed by atoms with E-state index in [2.05, 4.69) is 0 Å². The average Bonchev–Trinajstić information content (AvgIpc) is 2.78. The maximum Gasteiger partial charge on any atom is 0.224 e. The molecule has 0 N–H and O–H groups in total. The third kappa shape index (κ3) is 5.12. The van der Waals surface area contributed by atoms with Crippen LogP contribution in [0.15, 0.2) is 0 Å². The molecule has 0 bridgehead atoms. The molecule has 18 heavy (non-hydrogen) atoms. The molecule has 0 aromatic carbocycles. The van der Waals surface area contributed by atoms with Gasteiger partial charge in [0.2, 0.25) is 5.91 Å². The second-order valence-electron chi connectivity index (χ2n) is 4.47. The summed E-state index contributed by atoms with van der Waals surface area (Å²) in [5.74, 6) is 0.111. The van der Waals surface area contributed by atoms with Crippen molar-refractivity contribution in [2.75, 3.05) is 20.1 Å². The molecule has 1 amide bonds. The minimum absolute atomic E-state index is 0.111. The monoisotopic (exact) mass is 258 g/mol. The summed E-state index contributed by atoms with van der Waals surface area (Å²) in [6, 6.07) is 0. The normalized spacial score (nSPS) is 17.5. The number of hydroxylamine groups is 2. The van der Waals surface area contributed by atoms with Gasteiger partial charge in [0.25, 0.3) is 0 Å². The van der Waals surface area contributed by atoms with Crippen LogP contribution >= 0.6 is 0 Å². The van der Waals surface area contributed by atoms with Crippen molar-refractivity contribution in [3.05, 3.63) is 0 Å². The highest BCUT2D eigenvalue weighted by Crippen LogP contribution is 2.14. The summed E-state index contributed by atoms with van der Waals surface area (Å²) in [6.07, 6.45) is 4.32. The highest BCUT2D eigenvalue weighted by molar-refractivity contribution is 5.78. The molecule has 0 radical (unpaired) electrons. The Bertz CT molecular complexity index is 273. The fraction of sp³-hybridized carbons (Fsp3) is 0.833. The van der Waals surface area contributed by atoms with Gasteiger partial charge >= 0.3 is 0 Å². The van der Waals surface area contributed by atoms with Gasteiger partial charge in [0, 0.05) is 33.0 Å². The van der Waals surface area contributed by atoms with Crippen molar-refractivity contribution in [1.29, 1.82) is 0 Å². The molecule has 1 aliphatic rings. The third-order valence-corrected chi connectivity index (χ3v) is 2.90. The van der Waals surface area contributed by atoms with Gasteiger partial charge in [-0.25, -0.2) is 0 Å². The Morgan fingerprint density at radius 3 is 2.89 bits per heavy atom. The molecule has 1 unspecified atom stereocenters. The Hall–Kier alpha value is -0.980. The van der Waals surface area contributed by atoms with Crippen LogP contribution in [0.2, 0.25) is 0 Å². The molecule has 0 aliphatic carbocycles. The second kappa shape index (κ2) is 8.18. The van der Waals surface area contributed by atoms with Crippen LogP contribution in [-0.4, -0.2) is 48.5 Å². The molecule has 0 spiro atoms. The Morgan fingerprint density at radius 2 is 2.28 bits per heavy atom. The molecule has 1 saturated heterocycles. The zero-order valence-corrected chi connectivity index (χ0v) is 11.1. The quantitative estimate of drug-likeness (QED) is 0.268. The Balaban J connectivity index is 2.11. The van der Waals surface area contributed by atoms with E-state index in [0.29, 0.717) is 19.4 Å². The number of unbranched alkanes of at least 4 members (excludes halogenated alkanes) is 2. The van der Waals surface area contributed by atoms with E-state index in [9.17, 15) is 9.59 Å². The first-order valence-electron chi connectivity index (χ1n) is 6.43. The number of aldehydes is 1. The molecule has 1 aliphatic heterocycles. The number of likely N-dealkylation sites (tertiary alicyclic amines) is 1. The number of carbonyl (C=O) groups is 2. The molecule has 1 fully saturated rings. The van der Waals surface area contributed by atoms with Gasteiger partial charge in [0.15, 0.2) is 6.23 Å². The van der Waals surface area contributed by atoms with Crippen molar-refractivity contribution in [3.8, 4) is 0 Å². The Morgan fingerprint density at radius 1 is 1.50 bits per heavy atom. The standard InChI is InChI=1S/C12H22N2O4/c1-11(14-9-6-7-12(14)16)17-18-13(2)8-4-3-5-10-15/h10-11H,3-9H2,1-2H3. The highest BCUT2D eigenvalue weighted by Gasteiger charge is 2.26. The van der Waals surface area contributed by atoms with Crippen LogP contribution in [-0.2, 0) is 19.5 Å². The van der Waals surface area contributed by atoms with Gasteiger partial charge in [-0.05, 0) is 26.2 Å². The number of carbonyl (C=O) groups excluding carboxylic acids is 2. The van der Waals surface area contributed by atoms with Gasteiger partial charge in [-0.2, -0.15) is 9.95 Å². The maximum absolute atomic E-state index is 11.4. The molecule has 6 nitrogen and oxygen atoms in total. The van der Waals surface area contributed by atoms with Crippen LogP contribution in [0.25, 0.3) is 0 Å². The molecule has 6 heteroatoms. The van der Waals surface area contributed by atoms with Gasteiger partial charge in [0.05, 0.1) is 0 Å². The van der Waals surface area contributed by atoms with E-state index in [-0.39, 0.29) is 12.1 Å². The van der Waals surface area contributed by atoms with Crippen LogP contribution in [0.5, 0.6) is 0 Å². The molecule has 104 valence electrons. The topological polar surface area (TPSA) is 59.1 Å². The van der Waals surface area contributed by atoms with Crippen molar-refractivity contribution in [2.24, 2.45) is 0 Å². The zero-order chi connectivity index (χ0) is 13.4. The van der Waals surface area contributed by atoms with E-state index in [1.165, 1.54) is 0 Å². The molecule has 0 aromatic heterocycles. The Labute approximate surface area is 108 Å². The van der Waals surface area contributed by atoms with E-state index < -0.39 is 0 Å². The van der Waals surface area contributed by atoms with Gasteiger partial charge in [-0.3, -0.25) is 4.79 Å². The molecule has 0 aromatic rings. The summed E-state index contributed by atoms with van der Waals surface area (Å²) in [5.41, 5.74) is 0. The van der Waals surface area contributed by atoms with Crippen molar-refractivity contribution in [3.63, 3.8) is 0 Å². The summed E-state index contributed by atoms with van der Waals surface area (Å²) < 4.78 is 0. The number of hydrogen-bond acceptors (Lipinski definition) is 5. The molecule has 1 heterocycles. The lowest BCUT2D eigenvalue weighted by Gasteiger charge is -2.24. The number of hydrogen-bond donors (Lipinski definition) is 0. The average molecular weight is 258 g/mol. The van der Waals surface area contributed by atoms with Gasteiger partial charge in [-0.15, -0.1) is 4.99 Å². The molecular formula is C12H22N2O4. The predicted molar refractivity (Wildman–Crippen MR) is 65.1 cm³/mol. The second-order valence-corrected chi connectivity index (χ2v) is 4.47. The first kappa shape index (κ1) is 15.1. The minimum atomic E-state index is -0.363. The van der Waals surface area contributed by atoms with Crippen LogP contribution in [0.1, 0.15) is 39.0 Å². The molecule has 1 atom stereocenters. The fourth-order valence-corrected chi connectivity index (χ4v) is 1.84. The number of rotatable bonds is 9. The lowest BCUT2D eigenvalue weighted by Crippen LogP contribution is -2.37. The highest BCUT2D eigenvalue weighted by atomic mass is 17.3. The smallest absolute Gasteiger partial charge is 0.224 e. The summed E-state index contributed by atoms with van der Waals surface area (Å²) >= 11 is 0. The van der Waals surface area contributed by atoms with Crippen molar-refractivity contribution >= 4 is 12.2 Å². The minimum Gasteiger partial charge on any atom is -0.314 e. The van der Waals surface area contributed by atoms with Crippen LogP contribution < -0.4 is 0 Å². The summed E-state index contributed by atoms with van der Waals surface area (Å²) in [4.78, 5) is 33.5. The molecular weight excluding hydrogens is 236 g/mol. The van der Waals surface area contributed by atoms with E-state index in [1.54, 1.807) is 23.9 Å². The first-order chi connectivity index (χ1) is 8.65. The van der Waals surface area contributed by atoms with Crippen LogP contribution in [0.4, 0.5) is 0 Å². The van der Waals surface area contributed by atoms with E-state index in [1.807, 2.05) is 0 Å². The molecule has 1 rings (SSSR count). The van der Waals surface area contributed by atoms with Crippen molar-refractivity contribution in [1.82, 2.24) is 9.96 Å². The van der Waals surface area contributed by atoms with E-state index in [4.69, 9.17) is 9.88 Å². The predicted octanol–water partition coefficient (Wildman–Crippen LogP) is 1.12. The third-order valence-electron chi connectivity index (χ3n) is 2.90. The summed E-state index contributed by atoms with van der Waals surface area (Å²) in [6.45, 7) is 3.21. The zero-order valence-electron chi connectivity index (χ0n) is 11.1. The van der Waals surface area contributed by atoms with Crippen LogP contribution in [0.3, 0.4) is 0 Å². The lowest BCUT2D eigenvalue weighted by molar-refractivity contribution is -0.448. The van der Waals surface area contributed by atoms with Gasteiger partial charge < -0.3 is 9.69 Å². The maximum atomic E-state index is 11.4. The number of amides is 1. The summed E-state index contributed by atoms with van der Waals surface area (Å²) in [5, 5.41) is 1.57. The fourth-order valence-electron chi connectivity index (χ4n) is 1.84. The van der Waals surface area contributed by atoms with Gasteiger partial charge in [-0.1, -0.05) is 0 Å². The van der Waals surface area contributed by atoms with Crippen molar-refractivity contribution in [2.45, 2.75) is 45.3 Å².